The number of carbonyl (C=O) groups excluding carboxylic acids is 2. The fourth-order valence-electron chi connectivity index (χ4n) is 2.91. The summed E-state index contributed by atoms with van der Waals surface area (Å²) in [4.78, 5) is 28.7. The standard InChI is InChI=1S/C19H19Cl2N3O2/c20-15-5-6-16(17(21)11-15)19(26)24-9-7-23(8-10-24)18(25)14-3-1-13(12-22)2-4-14/h1-6,11H,7-10,12,22H2. The van der Waals surface area contributed by atoms with Crippen molar-refractivity contribution in [3.8, 4) is 0 Å². The van der Waals surface area contributed by atoms with Gasteiger partial charge in [0.25, 0.3) is 11.8 Å². The molecule has 1 heterocycles. The van der Waals surface area contributed by atoms with Gasteiger partial charge in [-0.3, -0.25) is 9.59 Å². The molecule has 0 aliphatic carbocycles. The molecule has 2 aromatic rings. The average Bonchev–Trinajstić information content (AvgIpc) is 2.67. The summed E-state index contributed by atoms with van der Waals surface area (Å²) in [5.41, 5.74) is 7.61. The summed E-state index contributed by atoms with van der Waals surface area (Å²) in [6.45, 7) is 2.33. The Labute approximate surface area is 162 Å². The van der Waals surface area contributed by atoms with E-state index in [9.17, 15) is 9.59 Å². The van der Waals surface area contributed by atoms with Gasteiger partial charge in [0.2, 0.25) is 0 Å². The summed E-state index contributed by atoms with van der Waals surface area (Å²) in [6, 6.07) is 12.1. The van der Waals surface area contributed by atoms with Gasteiger partial charge < -0.3 is 15.5 Å². The molecule has 0 aromatic heterocycles. The molecule has 0 unspecified atom stereocenters. The van der Waals surface area contributed by atoms with Gasteiger partial charge in [0.05, 0.1) is 10.6 Å². The van der Waals surface area contributed by atoms with Gasteiger partial charge in [0.1, 0.15) is 0 Å². The molecule has 2 amide bonds. The van der Waals surface area contributed by atoms with Crippen molar-refractivity contribution in [3.63, 3.8) is 0 Å². The minimum Gasteiger partial charge on any atom is -0.335 e. The SMILES string of the molecule is NCc1ccc(C(=O)N2CCN(C(=O)c3ccc(Cl)cc3Cl)CC2)cc1. The smallest absolute Gasteiger partial charge is 0.255 e. The molecule has 0 bridgehead atoms. The van der Waals surface area contributed by atoms with E-state index in [4.69, 9.17) is 28.9 Å². The van der Waals surface area contributed by atoms with Gasteiger partial charge in [0.15, 0.2) is 0 Å². The second-order valence-corrected chi connectivity index (χ2v) is 6.95. The number of amides is 2. The molecule has 2 N–H and O–H groups in total. The molecular weight excluding hydrogens is 373 g/mol. The molecule has 3 rings (SSSR count). The number of nitrogens with zero attached hydrogens (tertiary/aromatic N) is 2. The highest BCUT2D eigenvalue weighted by Gasteiger charge is 2.26. The van der Waals surface area contributed by atoms with Crippen molar-refractivity contribution in [2.75, 3.05) is 26.2 Å². The van der Waals surface area contributed by atoms with Crippen LogP contribution in [0.15, 0.2) is 42.5 Å². The summed E-state index contributed by atoms with van der Waals surface area (Å²) in [5, 5.41) is 0.823. The Morgan fingerprint density at radius 1 is 0.885 bits per heavy atom. The Hall–Kier alpha value is -2.08. The minimum atomic E-state index is -0.147. The first kappa shape index (κ1) is 18.7. The summed E-state index contributed by atoms with van der Waals surface area (Å²) in [7, 11) is 0. The lowest BCUT2D eigenvalue weighted by molar-refractivity contribution is 0.0535. The van der Waals surface area contributed by atoms with Crippen LogP contribution in [0.3, 0.4) is 0 Å². The van der Waals surface area contributed by atoms with Crippen LogP contribution in [-0.4, -0.2) is 47.8 Å². The third kappa shape index (κ3) is 4.01. The Morgan fingerprint density at radius 2 is 1.46 bits per heavy atom. The highest BCUT2D eigenvalue weighted by Crippen LogP contribution is 2.23. The predicted molar refractivity (Wildman–Crippen MR) is 103 cm³/mol. The average molecular weight is 392 g/mol. The van der Waals surface area contributed by atoms with Gasteiger partial charge >= 0.3 is 0 Å². The van der Waals surface area contributed by atoms with Crippen LogP contribution in [0.5, 0.6) is 0 Å². The number of piperazine rings is 1. The van der Waals surface area contributed by atoms with Crippen LogP contribution in [0, 0.1) is 0 Å². The van der Waals surface area contributed by atoms with Crippen LogP contribution < -0.4 is 5.73 Å². The third-order valence-electron chi connectivity index (χ3n) is 4.45. The molecule has 1 aliphatic heterocycles. The maximum atomic E-state index is 12.6. The van der Waals surface area contributed by atoms with Gasteiger partial charge in [-0.05, 0) is 35.9 Å². The normalized spacial score (nSPS) is 14.4. The molecule has 5 nitrogen and oxygen atoms in total. The first-order valence-corrected chi connectivity index (χ1v) is 9.08. The first-order chi connectivity index (χ1) is 12.5. The molecule has 2 aromatic carbocycles. The lowest BCUT2D eigenvalue weighted by Crippen LogP contribution is -2.50. The van der Waals surface area contributed by atoms with E-state index in [0.717, 1.165) is 5.56 Å². The minimum absolute atomic E-state index is 0.0369. The number of halogens is 2. The maximum absolute atomic E-state index is 12.6. The van der Waals surface area contributed by atoms with Crippen molar-refractivity contribution < 1.29 is 9.59 Å². The van der Waals surface area contributed by atoms with E-state index < -0.39 is 0 Å². The zero-order valence-corrected chi connectivity index (χ0v) is 15.6. The predicted octanol–water partition coefficient (Wildman–Crippen LogP) is 3.05. The van der Waals surface area contributed by atoms with Gasteiger partial charge in [0, 0.05) is 43.3 Å². The molecule has 1 aliphatic rings. The molecule has 0 atom stereocenters. The highest BCUT2D eigenvalue weighted by atomic mass is 35.5. The monoisotopic (exact) mass is 391 g/mol. The quantitative estimate of drug-likeness (QED) is 0.873. The van der Waals surface area contributed by atoms with Crippen molar-refractivity contribution in [1.82, 2.24) is 9.80 Å². The molecule has 0 saturated carbocycles. The number of carbonyl (C=O) groups is 2. The van der Waals surface area contributed by atoms with Crippen LogP contribution in [0.25, 0.3) is 0 Å². The number of nitrogens with two attached hydrogens (primary N) is 1. The zero-order chi connectivity index (χ0) is 18.7. The Balaban J connectivity index is 1.63. The number of hydrogen-bond acceptors (Lipinski definition) is 3. The van der Waals surface area contributed by atoms with Crippen molar-refractivity contribution in [1.29, 1.82) is 0 Å². The van der Waals surface area contributed by atoms with E-state index >= 15 is 0 Å². The van der Waals surface area contributed by atoms with Crippen LogP contribution >= 0.6 is 23.2 Å². The van der Waals surface area contributed by atoms with E-state index in [1.807, 2.05) is 12.1 Å². The third-order valence-corrected chi connectivity index (χ3v) is 5.00. The van der Waals surface area contributed by atoms with Crippen LogP contribution in [0.4, 0.5) is 0 Å². The summed E-state index contributed by atoms with van der Waals surface area (Å²) in [5.74, 6) is -0.184. The van der Waals surface area contributed by atoms with Crippen LogP contribution in [-0.2, 0) is 6.54 Å². The van der Waals surface area contributed by atoms with Crippen molar-refractivity contribution in [2.45, 2.75) is 6.54 Å². The van der Waals surface area contributed by atoms with E-state index in [-0.39, 0.29) is 11.8 Å². The van der Waals surface area contributed by atoms with Gasteiger partial charge in [-0.2, -0.15) is 0 Å². The van der Waals surface area contributed by atoms with Gasteiger partial charge in [-0.1, -0.05) is 35.3 Å². The van der Waals surface area contributed by atoms with E-state index in [0.29, 0.717) is 53.9 Å². The van der Waals surface area contributed by atoms with E-state index in [1.165, 1.54) is 0 Å². The van der Waals surface area contributed by atoms with E-state index in [2.05, 4.69) is 0 Å². The highest BCUT2D eigenvalue weighted by molar-refractivity contribution is 6.36. The molecule has 1 fully saturated rings. The number of hydrogen-bond donors (Lipinski definition) is 1. The molecule has 0 spiro atoms. The lowest BCUT2D eigenvalue weighted by atomic mass is 10.1. The second-order valence-electron chi connectivity index (χ2n) is 6.11. The molecule has 7 heteroatoms. The number of rotatable bonds is 3. The molecule has 136 valence electrons. The fraction of sp³-hybridized carbons (Fsp3) is 0.263. The van der Waals surface area contributed by atoms with E-state index in [1.54, 1.807) is 40.1 Å². The van der Waals surface area contributed by atoms with Crippen molar-refractivity contribution in [3.05, 3.63) is 69.2 Å². The van der Waals surface area contributed by atoms with Crippen LogP contribution in [0.1, 0.15) is 26.3 Å². The molecule has 26 heavy (non-hydrogen) atoms. The largest absolute Gasteiger partial charge is 0.335 e. The van der Waals surface area contributed by atoms with Crippen molar-refractivity contribution >= 4 is 35.0 Å². The summed E-state index contributed by atoms with van der Waals surface area (Å²) < 4.78 is 0. The zero-order valence-electron chi connectivity index (χ0n) is 14.1. The van der Waals surface area contributed by atoms with Gasteiger partial charge in [-0.25, -0.2) is 0 Å². The Kier molecular flexibility index (Phi) is 5.81. The maximum Gasteiger partial charge on any atom is 0.255 e. The number of benzene rings is 2. The van der Waals surface area contributed by atoms with Crippen LogP contribution in [0.2, 0.25) is 10.0 Å². The molecular formula is C19H19Cl2N3O2. The Bertz CT molecular complexity index is 816. The summed E-state index contributed by atoms with van der Waals surface area (Å²) >= 11 is 12.0. The summed E-state index contributed by atoms with van der Waals surface area (Å²) in [6.07, 6.45) is 0. The Morgan fingerprint density at radius 3 is 2.00 bits per heavy atom. The fourth-order valence-corrected chi connectivity index (χ4v) is 3.40. The topological polar surface area (TPSA) is 66.6 Å². The van der Waals surface area contributed by atoms with Crippen molar-refractivity contribution in [2.24, 2.45) is 5.73 Å². The lowest BCUT2D eigenvalue weighted by Gasteiger charge is -2.35. The van der Waals surface area contributed by atoms with Gasteiger partial charge in [-0.15, -0.1) is 0 Å². The first-order valence-electron chi connectivity index (χ1n) is 8.32. The molecule has 0 radical (unpaired) electrons. The second kappa shape index (κ2) is 8.08. The molecule has 1 saturated heterocycles.